The standard InChI is InChI=1S/C16H19FN2O2/c17-13-1-2-14(15(8-13)19(20)21)18-16-11-4-9-3-10(6-11)7-12(16)5-9/h1-2,8-12,16,18H,3-7H2. The van der Waals surface area contributed by atoms with Crippen LogP contribution in [0.25, 0.3) is 0 Å². The smallest absolute Gasteiger partial charge is 0.295 e. The van der Waals surface area contributed by atoms with Crippen LogP contribution in [0.2, 0.25) is 0 Å². The third-order valence-electron chi connectivity index (χ3n) is 5.71. The summed E-state index contributed by atoms with van der Waals surface area (Å²) in [7, 11) is 0. The Kier molecular flexibility index (Phi) is 2.91. The van der Waals surface area contributed by atoms with Crippen LogP contribution in [0.1, 0.15) is 32.1 Å². The van der Waals surface area contributed by atoms with Crippen LogP contribution in [0.3, 0.4) is 0 Å². The van der Waals surface area contributed by atoms with Crippen LogP contribution >= 0.6 is 0 Å². The Balaban J connectivity index is 1.60. The van der Waals surface area contributed by atoms with Gasteiger partial charge in [-0.15, -0.1) is 0 Å². The van der Waals surface area contributed by atoms with Crippen molar-refractivity contribution >= 4 is 11.4 Å². The Morgan fingerprint density at radius 2 is 1.71 bits per heavy atom. The summed E-state index contributed by atoms with van der Waals surface area (Å²) in [5, 5.41) is 14.5. The van der Waals surface area contributed by atoms with E-state index in [1.807, 2.05) is 0 Å². The van der Waals surface area contributed by atoms with Gasteiger partial charge in [0, 0.05) is 6.04 Å². The Bertz CT molecular complexity index is 562. The molecule has 0 amide bonds. The van der Waals surface area contributed by atoms with E-state index in [1.165, 1.54) is 44.2 Å². The number of halogens is 1. The third kappa shape index (κ3) is 2.19. The third-order valence-corrected chi connectivity index (χ3v) is 5.71. The predicted molar refractivity (Wildman–Crippen MR) is 77.5 cm³/mol. The summed E-state index contributed by atoms with van der Waals surface area (Å²) < 4.78 is 13.2. The number of rotatable bonds is 3. The van der Waals surface area contributed by atoms with E-state index in [1.54, 1.807) is 0 Å². The van der Waals surface area contributed by atoms with Gasteiger partial charge in [0.2, 0.25) is 0 Å². The fourth-order valence-electron chi connectivity index (χ4n) is 5.12. The van der Waals surface area contributed by atoms with Gasteiger partial charge in [-0.3, -0.25) is 10.1 Å². The predicted octanol–water partition coefficient (Wildman–Crippen LogP) is 3.97. The second-order valence-electron chi connectivity index (χ2n) is 7.02. The van der Waals surface area contributed by atoms with Gasteiger partial charge in [-0.25, -0.2) is 4.39 Å². The first-order valence-corrected chi connectivity index (χ1v) is 7.80. The van der Waals surface area contributed by atoms with Crippen LogP contribution in [0.4, 0.5) is 15.8 Å². The van der Waals surface area contributed by atoms with Crippen molar-refractivity contribution in [3.8, 4) is 0 Å². The average Bonchev–Trinajstić information content (AvgIpc) is 2.43. The monoisotopic (exact) mass is 290 g/mol. The summed E-state index contributed by atoms with van der Waals surface area (Å²) in [6, 6.07) is 4.14. The van der Waals surface area contributed by atoms with Gasteiger partial charge in [0.25, 0.3) is 5.69 Å². The van der Waals surface area contributed by atoms with E-state index in [0.717, 1.165) is 17.9 Å². The number of nitro groups is 1. The maximum Gasteiger partial charge on any atom is 0.295 e. The molecule has 4 aliphatic carbocycles. The molecule has 21 heavy (non-hydrogen) atoms. The number of hydrogen-bond donors (Lipinski definition) is 1. The zero-order valence-electron chi connectivity index (χ0n) is 11.8. The molecule has 1 N–H and O–H groups in total. The molecule has 0 aromatic heterocycles. The van der Waals surface area contributed by atoms with Crippen LogP contribution < -0.4 is 5.32 Å². The first-order chi connectivity index (χ1) is 10.1. The number of anilines is 1. The minimum absolute atomic E-state index is 0.149. The van der Waals surface area contributed by atoms with Gasteiger partial charge in [0.05, 0.1) is 11.0 Å². The maximum atomic E-state index is 13.2. The van der Waals surface area contributed by atoms with Gasteiger partial charge < -0.3 is 5.32 Å². The van der Waals surface area contributed by atoms with E-state index < -0.39 is 10.7 Å². The molecule has 1 aromatic rings. The first kappa shape index (κ1) is 13.0. The minimum atomic E-state index is -0.558. The van der Waals surface area contributed by atoms with Crippen molar-refractivity contribution < 1.29 is 9.31 Å². The SMILES string of the molecule is O=[N+]([O-])c1cc(F)ccc1NC1C2CC3CC(C2)CC1C3. The summed E-state index contributed by atoms with van der Waals surface area (Å²) in [4.78, 5) is 10.6. The van der Waals surface area contributed by atoms with Crippen molar-refractivity contribution in [2.75, 3.05) is 5.32 Å². The number of hydrogen-bond acceptors (Lipinski definition) is 3. The molecule has 4 bridgehead atoms. The highest BCUT2D eigenvalue weighted by molar-refractivity contribution is 5.62. The fourth-order valence-corrected chi connectivity index (χ4v) is 5.12. The summed E-state index contributed by atoms with van der Waals surface area (Å²) in [5.74, 6) is 2.44. The molecule has 5 heteroatoms. The summed E-state index contributed by atoms with van der Waals surface area (Å²) in [6.45, 7) is 0. The molecule has 4 saturated carbocycles. The van der Waals surface area contributed by atoms with Crippen molar-refractivity contribution in [2.24, 2.45) is 23.7 Å². The van der Waals surface area contributed by atoms with Gasteiger partial charge in [0.15, 0.2) is 0 Å². The second-order valence-corrected chi connectivity index (χ2v) is 7.02. The molecule has 112 valence electrons. The van der Waals surface area contributed by atoms with Gasteiger partial charge in [0.1, 0.15) is 11.5 Å². The Morgan fingerprint density at radius 3 is 2.29 bits per heavy atom. The van der Waals surface area contributed by atoms with Gasteiger partial charge in [-0.2, -0.15) is 0 Å². The highest BCUT2D eigenvalue weighted by Crippen LogP contribution is 2.54. The number of nitrogens with zero attached hydrogens (tertiary/aromatic N) is 1. The molecular formula is C16H19FN2O2. The molecule has 0 radical (unpaired) electrons. The van der Waals surface area contributed by atoms with Crippen molar-refractivity contribution in [1.82, 2.24) is 0 Å². The molecule has 5 rings (SSSR count). The Labute approximate surface area is 122 Å². The summed E-state index contributed by atoms with van der Waals surface area (Å²) in [5.41, 5.74) is 0.322. The van der Waals surface area contributed by atoms with E-state index in [9.17, 15) is 14.5 Å². The fraction of sp³-hybridized carbons (Fsp3) is 0.625. The number of nitro benzene ring substituents is 1. The molecule has 0 atom stereocenters. The molecular weight excluding hydrogens is 271 g/mol. The van der Waals surface area contributed by atoms with Crippen molar-refractivity contribution in [1.29, 1.82) is 0 Å². The summed E-state index contributed by atoms with van der Waals surface area (Å²) >= 11 is 0. The number of benzene rings is 1. The molecule has 0 aliphatic heterocycles. The zero-order valence-corrected chi connectivity index (χ0v) is 11.8. The van der Waals surface area contributed by atoms with Crippen LogP contribution in [-0.4, -0.2) is 11.0 Å². The maximum absolute atomic E-state index is 13.2. The van der Waals surface area contributed by atoms with E-state index in [-0.39, 0.29) is 5.69 Å². The van der Waals surface area contributed by atoms with Gasteiger partial charge in [-0.1, -0.05) is 0 Å². The van der Waals surface area contributed by atoms with E-state index in [2.05, 4.69) is 5.32 Å². The molecule has 0 saturated heterocycles. The lowest BCUT2D eigenvalue weighted by Crippen LogP contribution is -2.51. The highest BCUT2D eigenvalue weighted by atomic mass is 19.1. The number of nitrogens with one attached hydrogen (secondary N) is 1. The van der Waals surface area contributed by atoms with E-state index >= 15 is 0 Å². The normalized spacial score (nSPS) is 36.7. The van der Waals surface area contributed by atoms with Crippen molar-refractivity contribution in [2.45, 2.75) is 38.1 Å². The van der Waals surface area contributed by atoms with Crippen LogP contribution in [0.15, 0.2) is 18.2 Å². The molecule has 0 heterocycles. The average molecular weight is 290 g/mol. The van der Waals surface area contributed by atoms with Crippen LogP contribution in [0, 0.1) is 39.6 Å². The van der Waals surface area contributed by atoms with Crippen LogP contribution in [0.5, 0.6) is 0 Å². The van der Waals surface area contributed by atoms with Crippen molar-refractivity contribution in [3.63, 3.8) is 0 Å². The van der Waals surface area contributed by atoms with Crippen LogP contribution in [-0.2, 0) is 0 Å². The van der Waals surface area contributed by atoms with E-state index in [0.29, 0.717) is 23.6 Å². The molecule has 4 fully saturated rings. The van der Waals surface area contributed by atoms with Crippen molar-refractivity contribution in [3.05, 3.63) is 34.1 Å². The lowest BCUT2D eigenvalue weighted by molar-refractivity contribution is -0.384. The second kappa shape index (κ2) is 4.68. The molecule has 1 aromatic carbocycles. The largest absolute Gasteiger partial charge is 0.376 e. The molecule has 4 aliphatic rings. The van der Waals surface area contributed by atoms with Gasteiger partial charge >= 0.3 is 0 Å². The molecule has 4 nitrogen and oxygen atoms in total. The minimum Gasteiger partial charge on any atom is -0.376 e. The lowest BCUT2D eigenvalue weighted by Gasteiger charge is -2.54. The summed E-state index contributed by atoms with van der Waals surface area (Å²) in [6.07, 6.45) is 6.38. The van der Waals surface area contributed by atoms with E-state index in [4.69, 9.17) is 0 Å². The molecule has 0 unspecified atom stereocenters. The Hall–Kier alpha value is -1.65. The topological polar surface area (TPSA) is 55.2 Å². The van der Waals surface area contributed by atoms with Gasteiger partial charge in [-0.05, 0) is 67.9 Å². The zero-order chi connectivity index (χ0) is 14.6. The first-order valence-electron chi connectivity index (χ1n) is 7.80. The highest BCUT2D eigenvalue weighted by Gasteiger charge is 2.48. The molecule has 0 spiro atoms. The lowest BCUT2D eigenvalue weighted by atomic mass is 9.54. The quantitative estimate of drug-likeness (QED) is 0.677. The Morgan fingerprint density at radius 1 is 1.10 bits per heavy atom.